The predicted molar refractivity (Wildman–Crippen MR) is 76.2 cm³/mol. The molecular weight excluding hydrogens is 237 g/mol. The highest BCUT2D eigenvalue weighted by Crippen LogP contribution is 2.17. The number of amides is 1. The largest absolute Gasteiger partial charge is 0.288 e. The number of rotatable bonds is 3. The molecule has 0 saturated heterocycles. The first-order chi connectivity index (χ1) is 9.16. The second-order valence-electron chi connectivity index (χ2n) is 3.97. The van der Waals surface area contributed by atoms with Crippen LogP contribution in [0, 0.1) is 0 Å². The molecule has 5 heteroatoms. The Kier molecular flexibility index (Phi) is 4.08. The van der Waals surface area contributed by atoms with Crippen molar-refractivity contribution in [3.05, 3.63) is 54.2 Å². The van der Waals surface area contributed by atoms with Gasteiger partial charge in [0.05, 0.1) is 11.4 Å². The highest BCUT2D eigenvalue weighted by Gasteiger charge is 2.01. The molecule has 0 aliphatic heterocycles. The average molecular weight is 249 g/mol. The van der Waals surface area contributed by atoms with E-state index in [2.05, 4.69) is 15.5 Å². The second-order valence-corrected chi connectivity index (χ2v) is 3.97. The van der Waals surface area contributed by atoms with Gasteiger partial charge in [-0.25, -0.2) is 0 Å². The molecule has 4 nitrogen and oxygen atoms in total. The maximum Gasteiger partial charge on any atom is 0.203 e. The van der Waals surface area contributed by atoms with E-state index in [4.69, 9.17) is 7.85 Å². The fraction of sp³-hybridized carbons (Fsp3) is 0.0714. The molecule has 2 rings (SSSR count). The van der Waals surface area contributed by atoms with Crippen LogP contribution >= 0.6 is 0 Å². The Labute approximate surface area is 113 Å². The van der Waals surface area contributed by atoms with Crippen molar-refractivity contribution >= 4 is 19.4 Å². The molecule has 92 valence electrons. The van der Waals surface area contributed by atoms with Gasteiger partial charge in [0.25, 0.3) is 0 Å². The molecule has 0 fully saturated rings. The molecule has 0 unspecified atom stereocenters. The Morgan fingerprint density at radius 1 is 1.21 bits per heavy atom. The van der Waals surface area contributed by atoms with Gasteiger partial charge in [-0.05, 0) is 24.6 Å². The van der Waals surface area contributed by atoms with Crippen molar-refractivity contribution in [3.63, 3.8) is 0 Å². The molecule has 0 saturated carbocycles. The first kappa shape index (κ1) is 13.0. The van der Waals surface area contributed by atoms with Crippen molar-refractivity contribution in [2.75, 3.05) is 0 Å². The van der Waals surface area contributed by atoms with Gasteiger partial charge in [-0.3, -0.25) is 15.2 Å². The minimum atomic E-state index is -0.676. The average Bonchev–Trinajstić information content (AvgIpc) is 2.46. The SMILES string of the molecule is [B]C(=O)N/N=C(\C)c1ccc(-c2ccccn2)cc1. The Balaban J connectivity index is 2.19. The standard InChI is InChI=1S/C14H12BN3O/c1-10(17-18-14(15)19)11-5-7-12(8-6-11)13-4-2-3-9-16-13/h2-9H,1H3,(H,18,19)/b17-10+. The second kappa shape index (κ2) is 5.95. The monoisotopic (exact) mass is 249 g/mol. The zero-order chi connectivity index (χ0) is 13.7. The number of hydrogen-bond acceptors (Lipinski definition) is 3. The van der Waals surface area contributed by atoms with E-state index in [1.807, 2.05) is 42.5 Å². The molecule has 2 aromatic rings. The number of nitrogens with zero attached hydrogens (tertiary/aromatic N) is 2. The quantitative estimate of drug-likeness (QED) is 0.515. The lowest BCUT2D eigenvalue weighted by Gasteiger charge is -2.04. The highest BCUT2D eigenvalue weighted by atomic mass is 16.1. The lowest BCUT2D eigenvalue weighted by molar-refractivity contribution is 0.260. The fourth-order valence-electron chi connectivity index (χ4n) is 1.62. The minimum absolute atomic E-state index is 0.676. The Morgan fingerprint density at radius 2 is 1.95 bits per heavy atom. The number of nitrogens with one attached hydrogen (secondary N) is 1. The first-order valence-electron chi connectivity index (χ1n) is 5.78. The van der Waals surface area contributed by atoms with Gasteiger partial charge in [-0.1, -0.05) is 30.3 Å². The van der Waals surface area contributed by atoms with Crippen LogP contribution in [0.3, 0.4) is 0 Å². The summed E-state index contributed by atoms with van der Waals surface area (Å²) in [5.74, 6) is -0.676. The molecular formula is C14H12BN3O. The molecule has 0 atom stereocenters. The van der Waals surface area contributed by atoms with Crippen molar-refractivity contribution in [1.82, 2.24) is 10.4 Å². The van der Waals surface area contributed by atoms with Crippen molar-refractivity contribution in [3.8, 4) is 11.3 Å². The van der Waals surface area contributed by atoms with Crippen LogP contribution in [0.2, 0.25) is 0 Å². The normalized spacial score (nSPS) is 11.1. The summed E-state index contributed by atoms with van der Waals surface area (Å²) in [7, 11) is 4.95. The maximum atomic E-state index is 10.6. The Hall–Kier alpha value is -2.43. The molecule has 0 aliphatic rings. The van der Waals surface area contributed by atoms with E-state index < -0.39 is 5.81 Å². The molecule has 0 aliphatic carbocycles. The topological polar surface area (TPSA) is 54.4 Å². The third kappa shape index (κ3) is 3.52. The van der Waals surface area contributed by atoms with E-state index in [0.29, 0.717) is 5.71 Å². The van der Waals surface area contributed by atoms with Crippen LogP contribution < -0.4 is 5.43 Å². The molecule has 19 heavy (non-hydrogen) atoms. The third-order valence-electron chi connectivity index (χ3n) is 2.60. The lowest BCUT2D eigenvalue weighted by Crippen LogP contribution is -2.16. The van der Waals surface area contributed by atoms with Crippen LogP contribution in [0.4, 0.5) is 4.79 Å². The summed E-state index contributed by atoms with van der Waals surface area (Å²) in [6.07, 6.45) is 1.76. The highest BCUT2D eigenvalue weighted by molar-refractivity contribution is 6.57. The van der Waals surface area contributed by atoms with E-state index in [-0.39, 0.29) is 0 Å². The van der Waals surface area contributed by atoms with E-state index in [1.165, 1.54) is 0 Å². The fourth-order valence-corrected chi connectivity index (χ4v) is 1.62. The summed E-state index contributed by atoms with van der Waals surface area (Å²) in [6.45, 7) is 1.80. The summed E-state index contributed by atoms with van der Waals surface area (Å²) in [5, 5.41) is 3.87. The summed E-state index contributed by atoms with van der Waals surface area (Å²) in [6, 6.07) is 13.5. The zero-order valence-electron chi connectivity index (χ0n) is 10.5. The van der Waals surface area contributed by atoms with E-state index in [9.17, 15) is 4.79 Å². The van der Waals surface area contributed by atoms with Gasteiger partial charge in [0.15, 0.2) is 5.81 Å². The Morgan fingerprint density at radius 3 is 2.53 bits per heavy atom. The van der Waals surface area contributed by atoms with Gasteiger partial charge in [0.2, 0.25) is 7.85 Å². The van der Waals surface area contributed by atoms with Gasteiger partial charge in [0, 0.05) is 11.8 Å². The van der Waals surface area contributed by atoms with Crippen LogP contribution in [0.25, 0.3) is 11.3 Å². The maximum absolute atomic E-state index is 10.6. The van der Waals surface area contributed by atoms with E-state index in [0.717, 1.165) is 16.8 Å². The van der Waals surface area contributed by atoms with Crippen LogP contribution in [0.1, 0.15) is 12.5 Å². The molecule has 0 spiro atoms. The number of carbonyl (C=O) groups is 1. The number of carbonyl (C=O) groups excluding carboxylic acids is 1. The number of hydrazone groups is 1. The summed E-state index contributed by atoms with van der Waals surface area (Å²) in [4.78, 5) is 14.8. The molecule has 1 aromatic carbocycles. The van der Waals surface area contributed by atoms with Gasteiger partial charge in [-0.2, -0.15) is 5.10 Å². The van der Waals surface area contributed by atoms with Crippen molar-refractivity contribution in [2.45, 2.75) is 6.92 Å². The summed E-state index contributed by atoms with van der Waals surface area (Å²) < 4.78 is 0. The number of hydrogen-bond donors (Lipinski definition) is 1. The summed E-state index contributed by atoms with van der Waals surface area (Å²) >= 11 is 0. The van der Waals surface area contributed by atoms with Crippen LogP contribution in [-0.2, 0) is 0 Å². The van der Waals surface area contributed by atoms with Crippen LogP contribution in [0.5, 0.6) is 0 Å². The predicted octanol–water partition coefficient (Wildman–Crippen LogP) is 2.35. The van der Waals surface area contributed by atoms with Gasteiger partial charge < -0.3 is 0 Å². The smallest absolute Gasteiger partial charge is 0.203 e. The molecule has 1 aromatic heterocycles. The lowest BCUT2D eigenvalue weighted by atomic mass is 10.1. The van der Waals surface area contributed by atoms with E-state index >= 15 is 0 Å². The van der Waals surface area contributed by atoms with Crippen LogP contribution in [-0.4, -0.2) is 24.3 Å². The van der Waals surface area contributed by atoms with Gasteiger partial charge in [0.1, 0.15) is 0 Å². The molecule has 1 heterocycles. The molecule has 0 bridgehead atoms. The zero-order valence-corrected chi connectivity index (χ0v) is 10.5. The minimum Gasteiger partial charge on any atom is -0.288 e. The molecule has 2 radical (unpaired) electrons. The first-order valence-corrected chi connectivity index (χ1v) is 5.78. The van der Waals surface area contributed by atoms with Gasteiger partial charge >= 0.3 is 0 Å². The Bertz CT molecular complexity index is 594. The number of benzene rings is 1. The summed E-state index contributed by atoms with van der Waals surface area (Å²) in [5.41, 5.74) is 5.75. The third-order valence-corrected chi connectivity index (χ3v) is 2.60. The van der Waals surface area contributed by atoms with Crippen LogP contribution in [0.15, 0.2) is 53.8 Å². The number of aromatic nitrogens is 1. The number of pyridine rings is 1. The van der Waals surface area contributed by atoms with Crippen molar-refractivity contribution < 1.29 is 4.79 Å². The van der Waals surface area contributed by atoms with Gasteiger partial charge in [-0.15, -0.1) is 0 Å². The van der Waals surface area contributed by atoms with Crippen molar-refractivity contribution in [1.29, 1.82) is 0 Å². The van der Waals surface area contributed by atoms with Crippen molar-refractivity contribution in [2.24, 2.45) is 5.10 Å². The molecule has 1 amide bonds. The van der Waals surface area contributed by atoms with E-state index in [1.54, 1.807) is 13.1 Å². The molecule has 1 N–H and O–H groups in total.